The highest BCUT2D eigenvalue weighted by atomic mass is 19.3. The molecule has 0 saturated heterocycles. The van der Waals surface area contributed by atoms with Gasteiger partial charge in [0, 0.05) is 10.9 Å². The van der Waals surface area contributed by atoms with Gasteiger partial charge in [0.2, 0.25) is 0 Å². The van der Waals surface area contributed by atoms with E-state index >= 15 is 0 Å². The Morgan fingerprint density at radius 1 is 1.45 bits per heavy atom. The first-order valence-corrected chi connectivity index (χ1v) is 5.80. The highest BCUT2D eigenvalue weighted by molar-refractivity contribution is 5.99. The van der Waals surface area contributed by atoms with Crippen molar-refractivity contribution in [1.82, 2.24) is 5.32 Å². The highest BCUT2D eigenvalue weighted by Gasteiger charge is 2.29. The molecule has 108 valence electrons. The van der Waals surface area contributed by atoms with Gasteiger partial charge in [-0.1, -0.05) is 12.1 Å². The van der Waals surface area contributed by atoms with Crippen molar-refractivity contribution < 1.29 is 27.5 Å². The number of rotatable bonds is 4. The van der Waals surface area contributed by atoms with Crippen LogP contribution in [0.1, 0.15) is 16.1 Å². The van der Waals surface area contributed by atoms with Gasteiger partial charge in [0.05, 0.1) is 6.54 Å². The minimum atomic E-state index is -3.42. The molecular formula is C13H12F3NO3. The smallest absolute Gasteiger partial charge is 0.287 e. The highest BCUT2D eigenvalue weighted by Crippen LogP contribution is 2.27. The van der Waals surface area contributed by atoms with Crippen molar-refractivity contribution in [2.75, 3.05) is 13.2 Å². The maximum absolute atomic E-state index is 13.5. The molecule has 0 atom stereocenters. The van der Waals surface area contributed by atoms with E-state index in [1.54, 1.807) is 6.07 Å². The summed E-state index contributed by atoms with van der Waals surface area (Å²) in [6.45, 7) is -0.868. The molecule has 0 aliphatic carbocycles. The zero-order chi connectivity index (χ0) is 14.9. The minimum Gasteiger partial charge on any atom is -0.448 e. The zero-order valence-electron chi connectivity index (χ0n) is 10.5. The first-order valence-electron chi connectivity index (χ1n) is 5.80. The van der Waals surface area contributed by atoms with Gasteiger partial charge < -0.3 is 14.8 Å². The van der Waals surface area contributed by atoms with Crippen molar-refractivity contribution >= 4 is 16.9 Å². The van der Waals surface area contributed by atoms with Gasteiger partial charge in [-0.15, -0.1) is 0 Å². The van der Waals surface area contributed by atoms with Crippen molar-refractivity contribution in [3.8, 4) is 0 Å². The molecule has 0 aliphatic heterocycles. The van der Waals surface area contributed by atoms with Gasteiger partial charge in [-0.25, -0.2) is 13.2 Å². The lowest BCUT2D eigenvalue weighted by Gasteiger charge is -2.13. The van der Waals surface area contributed by atoms with Crippen LogP contribution in [0.5, 0.6) is 0 Å². The second-order valence-corrected chi connectivity index (χ2v) is 4.37. The van der Waals surface area contributed by atoms with Crippen LogP contribution in [0.25, 0.3) is 11.0 Å². The lowest BCUT2D eigenvalue weighted by Crippen LogP contribution is -2.39. The number of halogens is 3. The Morgan fingerprint density at radius 3 is 2.75 bits per heavy atom. The van der Waals surface area contributed by atoms with Gasteiger partial charge in [0.25, 0.3) is 11.8 Å². The number of carbonyl (C=O) groups excluding carboxylic acids is 1. The number of aliphatic hydroxyl groups excluding tert-OH is 1. The Bertz CT molecular complexity index is 652. The number of hydrogen-bond donors (Lipinski definition) is 2. The van der Waals surface area contributed by atoms with E-state index in [-0.39, 0.29) is 11.3 Å². The number of hydrogen-bond acceptors (Lipinski definition) is 3. The Hall–Kier alpha value is -2.02. The van der Waals surface area contributed by atoms with E-state index in [9.17, 15) is 18.0 Å². The number of aryl methyl sites for hydroxylation is 1. The number of alkyl halides is 2. The van der Waals surface area contributed by atoms with E-state index in [0.29, 0.717) is 10.9 Å². The van der Waals surface area contributed by atoms with Crippen LogP contribution in [0.4, 0.5) is 13.2 Å². The second kappa shape index (κ2) is 5.16. The summed E-state index contributed by atoms with van der Waals surface area (Å²) in [5, 5.41) is 10.8. The molecule has 0 aliphatic rings. The summed E-state index contributed by atoms with van der Waals surface area (Å²) in [7, 11) is 0. The molecule has 0 bridgehead atoms. The number of aliphatic hydroxyl groups is 1. The molecular weight excluding hydrogens is 275 g/mol. The van der Waals surface area contributed by atoms with Crippen LogP contribution in [0.3, 0.4) is 0 Å². The van der Waals surface area contributed by atoms with Crippen LogP contribution in [0, 0.1) is 12.7 Å². The maximum atomic E-state index is 13.5. The van der Waals surface area contributed by atoms with Crippen molar-refractivity contribution in [3.63, 3.8) is 0 Å². The maximum Gasteiger partial charge on any atom is 0.287 e. The van der Waals surface area contributed by atoms with E-state index in [0.717, 1.165) is 0 Å². The first-order chi connectivity index (χ1) is 9.35. The molecule has 1 aromatic heterocycles. The molecule has 0 saturated carbocycles. The van der Waals surface area contributed by atoms with Gasteiger partial charge in [0.1, 0.15) is 6.61 Å². The van der Waals surface area contributed by atoms with Gasteiger partial charge in [-0.3, -0.25) is 4.79 Å². The third-order valence-electron chi connectivity index (χ3n) is 2.86. The molecule has 0 fully saturated rings. The fraction of sp³-hybridized carbons (Fsp3) is 0.308. The molecule has 0 unspecified atom stereocenters. The Balaban J connectivity index is 2.27. The van der Waals surface area contributed by atoms with Crippen LogP contribution in [-0.4, -0.2) is 30.1 Å². The standard InChI is InChI=1S/C13H12F3NO3/c1-7-8-3-2-4-9(14)11(8)20-10(7)12(19)17-5-13(15,16)6-18/h2-4,18H,5-6H2,1H3,(H,17,19). The van der Waals surface area contributed by atoms with Crippen molar-refractivity contribution in [2.24, 2.45) is 0 Å². The summed E-state index contributed by atoms with van der Waals surface area (Å²) in [6.07, 6.45) is 0. The summed E-state index contributed by atoms with van der Waals surface area (Å²) >= 11 is 0. The summed E-state index contributed by atoms with van der Waals surface area (Å²) in [4.78, 5) is 11.8. The molecule has 1 aromatic carbocycles. The SMILES string of the molecule is Cc1c(C(=O)NCC(F)(F)CO)oc2c(F)cccc12. The number of nitrogens with one attached hydrogen (secondary N) is 1. The number of carbonyl (C=O) groups is 1. The normalized spacial score (nSPS) is 11.8. The van der Waals surface area contributed by atoms with Crippen LogP contribution < -0.4 is 5.32 Å². The molecule has 4 nitrogen and oxygen atoms in total. The molecule has 0 spiro atoms. The van der Waals surface area contributed by atoms with E-state index in [2.05, 4.69) is 0 Å². The summed E-state index contributed by atoms with van der Waals surface area (Å²) in [5.41, 5.74) is 0.272. The molecule has 2 N–H and O–H groups in total. The molecule has 1 heterocycles. The van der Waals surface area contributed by atoms with Gasteiger partial charge in [-0.05, 0) is 13.0 Å². The second-order valence-electron chi connectivity index (χ2n) is 4.37. The predicted molar refractivity (Wildman–Crippen MR) is 65.3 cm³/mol. The summed E-state index contributed by atoms with van der Waals surface area (Å²) in [5.74, 6) is -5.16. The minimum absolute atomic E-state index is 0.0935. The first kappa shape index (κ1) is 14.4. The van der Waals surface area contributed by atoms with Gasteiger partial charge >= 0.3 is 0 Å². The van der Waals surface area contributed by atoms with Crippen LogP contribution in [-0.2, 0) is 0 Å². The number of amides is 1. The van der Waals surface area contributed by atoms with Crippen LogP contribution >= 0.6 is 0 Å². The Labute approximate surface area is 112 Å². The quantitative estimate of drug-likeness (QED) is 0.906. The van der Waals surface area contributed by atoms with Crippen molar-refractivity contribution in [2.45, 2.75) is 12.8 Å². The monoisotopic (exact) mass is 287 g/mol. The zero-order valence-corrected chi connectivity index (χ0v) is 10.5. The van der Waals surface area contributed by atoms with Crippen LogP contribution in [0.15, 0.2) is 22.6 Å². The number of furan rings is 1. The van der Waals surface area contributed by atoms with E-state index in [1.807, 2.05) is 5.32 Å². The number of benzene rings is 1. The lowest BCUT2D eigenvalue weighted by atomic mass is 10.1. The number of fused-ring (bicyclic) bond motifs is 1. The van der Waals surface area contributed by atoms with E-state index in [4.69, 9.17) is 9.52 Å². The third kappa shape index (κ3) is 2.62. The fourth-order valence-electron chi connectivity index (χ4n) is 1.77. The molecule has 0 radical (unpaired) electrons. The molecule has 7 heteroatoms. The molecule has 20 heavy (non-hydrogen) atoms. The topological polar surface area (TPSA) is 62.5 Å². The third-order valence-corrected chi connectivity index (χ3v) is 2.86. The van der Waals surface area contributed by atoms with Crippen molar-refractivity contribution in [3.05, 3.63) is 35.3 Å². The largest absolute Gasteiger partial charge is 0.448 e. The average molecular weight is 287 g/mol. The number of para-hydroxylation sites is 1. The lowest BCUT2D eigenvalue weighted by molar-refractivity contribution is -0.0463. The molecule has 2 rings (SSSR count). The Morgan fingerprint density at radius 2 is 2.15 bits per heavy atom. The van der Waals surface area contributed by atoms with E-state index < -0.39 is 30.8 Å². The summed E-state index contributed by atoms with van der Waals surface area (Å²) in [6, 6.07) is 4.20. The van der Waals surface area contributed by atoms with E-state index in [1.165, 1.54) is 19.1 Å². The fourth-order valence-corrected chi connectivity index (χ4v) is 1.77. The van der Waals surface area contributed by atoms with Gasteiger partial charge in [-0.2, -0.15) is 0 Å². The van der Waals surface area contributed by atoms with Crippen LogP contribution in [0.2, 0.25) is 0 Å². The Kier molecular flexibility index (Phi) is 3.71. The molecule has 2 aromatic rings. The van der Waals surface area contributed by atoms with Gasteiger partial charge in [0.15, 0.2) is 17.2 Å². The van der Waals surface area contributed by atoms with Crippen molar-refractivity contribution in [1.29, 1.82) is 0 Å². The summed E-state index contributed by atoms with van der Waals surface area (Å²) < 4.78 is 44.3. The molecule has 1 amide bonds. The average Bonchev–Trinajstić information content (AvgIpc) is 2.76. The predicted octanol–water partition coefficient (Wildman–Crippen LogP) is 2.24.